The maximum Gasteiger partial charge on any atom is 0.308 e. The zero-order valence-corrected chi connectivity index (χ0v) is 43.6. The van der Waals surface area contributed by atoms with Crippen molar-refractivity contribution in [2.75, 3.05) is 0 Å². The average Bonchev–Trinajstić information content (AvgIpc) is 3.33. The Morgan fingerprint density at radius 1 is 0.500 bits per heavy atom. The number of rotatable bonds is 4. The van der Waals surface area contributed by atoms with Gasteiger partial charge in [-0.15, -0.1) is 15.2 Å². The molecule has 10 rings (SSSR count). The Balaban J connectivity index is 0.000000265. The van der Waals surface area contributed by atoms with Crippen molar-refractivity contribution in [3.63, 3.8) is 0 Å². The number of aromatic hydroxyl groups is 2. The molecule has 6 amide bonds. The van der Waals surface area contributed by atoms with Crippen LogP contribution in [-0.2, 0) is 28.8 Å². The standard InChI is InChI=1S/C8H3F5O2.C8H7NO4.C8H5NO3.C6HF5O.C6H5N3O.C6H5NO3.C4H5NO3.C4H3NO3/c1-2(14)15-8-6(12)4(10)3(9)5(11)7(8)13;1-6(10)13-8-4-2-7(3-5-8)9(11)12;10-7-5-3-1-2-4-6(5)8(11)9(7)12;7-1-2(8)4(10)6(12)5(11)3(1)9;10-9-6-4-2-1-3-5(6)7-8-9;8-6-3-1-5(2-4-6)7(9)10;2*6-3-1-2-4(7)5(3)8/h1H3;2-5H,1H3;1-4,12H;12H;1-4,10H;1-4,8H;8H,1-2H2;1-2,8H. The van der Waals surface area contributed by atoms with Crippen molar-refractivity contribution < 1.29 is 133 Å². The fourth-order valence-electron chi connectivity index (χ4n) is 5.78. The summed E-state index contributed by atoms with van der Waals surface area (Å²) in [5, 5.41) is 79.3. The Hall–Kier alpha value is -11.8. The number of halogens is 10. The van der Waals surface area contributed by atoms with E-state index in [1.54, 1.807) is 24.3 Å². The van der Waals surface area contributed by atoms with Crippen LogP contribution in [0.2, 0.25) is 0 Å². The zero-order valence-electron chi connectivity index (χ0n) is 43.6. The minimum Gasteiger partial charge on any atom is -0.508 e. The molecule has 7 aromatic rings. The van der Waals surface area contributed by atoms with Gasteiger partial charge in [-0.3, -0.25) is 74.2 Å². The summed E-state index contributed by atoms with van der Waals surface area (Å²) in [6, 6.07) is 23.8. The van der Waals surface area contributed by atoms with Crippen LogP contribution in [0.1, 0.15) is 47.4 Å². The summed E-state index contributed by atoms with van der Waals surface area (Å²) in [7, 11) is 0. The topological polar surface area (TPSA) is 403 Å². The third-order valence-corrected chi connectivity index (χ3v) is 9.89. The summed E-state index contributed by atoms with van der Waals surface area (Å²) in [5.41, 5.74) is 1.79. The highest BCUT2D eigenvalue weighted by Crippen LogP contribution is 2.30. The van der Waals surface area contributed by atoms with Crippen molar-refractivity contribution in [3.8, 4) is 23.0 Å². The highest BCUT2D eigenvalue weighted by molar-refractivity contribution is 6.20. The fraction of sp³-hybridized carbons (Fsp3) is 0.0800. The van der Waals surface area contributed by atoms with E-state index in [2.05, 4.69) is 19.8 Å². The fourth-order valence-corrected chi connectivity index (χ4v) is 5.78. The molecule has 6 N–H and O–H groups in total. The Kier molecular flexibility index (Phi) is 25.4. The number of nitrogens with zero attached hydrogens (tertiary/aromatic N) is 8. The summed E-state index contributed by atoms with van der Waals surface area (Å²) in [6.07, 6.45) is 2.30. The molecule has 0 radical (unpaired) electrons. The smallest absolute Gasteiger partial charge is 0.308 e. The Bertz CT molecular complexity index is 3660. The van der Waals surface area contributed by atoms with Crippen LogP contribution in [0.4, 0.5) is 55.3 Å². The quantitative estimate of drug-likeness (QED) is 0.00955. The summed E-state index contributed by atoms with van der Waals surface area (Å²) in [4.78, 5) is 104. The molecular formula is C50H34F10N8O20. The van der Waals surface area contributed by atoms with Crippen LogP contribution < -0.4 is 9.47 Å². The van der Waals surface area contributed by atoms with Crippen molar-refractivity contribution in [2.24, 2.45) is 0 Å². The number of ether oxygens (including phenoxy) is 2. The largest absolute Gasteiger partial charge is 0.508 e. The number of aromatic nitrogens is 3. The van der Waals surface area contributed by atoms with Crippen molar-refractivity contribution in [2.45, 2.75) is 26.7 Å². The lowest BCUT2D eigenvalue weighted by molar-refractivity contribution is -0.385. The van der Waals surface area contributed by atoms with E-state index in [0.29, 0.717) is 16.8 Å². The molecule has 0 aliphatic carbocycles. The average molecular weight is 1260 g/mol. The lowest BCUT2D eigenvalue weighted by atomic mass is 10.1. The number of non-ortho nitro benzene ring substituents is 2. The number of carbonyl (C=O) groups is 8. The minimum atomic E-state index is -2.30. The molecule has 28 nitrogen and oxygen atoms in total. The van der Waals surface area contributed by atoms with Gasteiger partial charge in [0.05, 0.1) is 21.0 Å². The van der Waals surface area contributed by atoms with Crippen LogP contribution >= 0.6 is 0 Å². The third-order valence-electron chi connectivity index (χ3n) is 9.89. The number of phenolic OH excluding ortho intramolecular Hbond substituents is 2. The van der Waals surface area contributed by atoms with Gasteiger partial charge >= 0.3 is 11.9 Å². The number of hydrogen-bond donors (Lipinski definition) is 6. The Morgan fingerprint density at radius 2 is 0.875 bits per heavy atom. The van der Waals surface area contributed by atoms with Crippen molar-refractivity contribution >= 4 is 69.8 Å². The van der Waals surface area contributed by atoms with Crippen LogP contribution in [0.5, 0.6) is 23.0 Å². The molecule has 4 heterocycles. The van der Waals surface area contributed by atoms with E-state index in [1.165, 1.54) is 67.6 Å². The van der Waals surface area contributed by atoms with Crippen LogP contribution in [0, 0.1) is 78.4 Å². The molecule has 3 aliphatic heterocycles. The van der Waals surface area contributed by atoms with Gasteiger partial charge in [0.15, 0.2) is 5.75 Å². The van der Waals surface area contributed by atoms with Gasteiger partial charge in [0.2, 0.25) is 63.9 Å². The second-order valence-corrected chi connectivity index (χ2v) is 15.9. The first-order valence-corrected chi connectivity index (χ1v) is 22.9. The first-order valence-electron chi connectivity index (χ1n) is 22.9. The lowest BCUT2D eigenvalue weighted by Gasteiger charge is -2.06. The number of esters is 2. The van der Waals surface area contributed by atoms with E-state index in [9.17, 15) is 102 Å². The number of hydroxylamine groups is 6. The highest BCUT2D eigenvalue weighted by atomic mass is 19.2. The maximum atomic E-state index is 12.8. The molecule has 38 heteroatoms. The summed E-state index contributed by atoms with van der Waals surface area (Å²) in [5.74, 6) is -30.5. The molecule has 0 bridgehead atoms. The van der Waals surface area contributed by atoms with E-state index < -0.39 is 127 Å². The monoisotopic (exact) mass is 1260 g/mol. The number of para-hydroxylation sites is 1. The van der Waals surface area contributed by atoms with Crippen LogP contribution in [-0.4, -0.2) is 119 Å². The van der Waals surface area contributed by atoms with Gasteiger partial charge in [0, 0.05) is 63.1 Å². The van der Waals surface area contributed by atoms with Crippen LogP contribution in [0.3, 0.4) is 0 Å². The number of nitro benzene ring substituents is 2. The molecule has 3 aliphatic rings. The van der Waals surface area contributed by atoms with E-state index in [-0.39, 0.29) is 56.3 Å². The molecule has 0 unspecified atom stereocenters. The lowest BCUT2D eigenvalue weighted by Crippen LogP contribution is -2.25. The second kappa shape index (κ2) is 31.7. The number of fused-ring (bicyclic) bond motifs is 2. The molecule has 88 heavy (non-hydrogen) atoms. The van der Waals surface area contributed by atoms with Gasteiger partial charge in [0.25, 0.3) is 46.8 Å². The van der Waals surface area contributed by atoms with Gasteiger partial charge < -0.3 is 24.9 Å². The summed E-state index contributed by atoms with van der Waals surface area (Å²) < 4.78 is 132. The molecule has 464 valence electrons. The molecule has 0 saturated carbocycles. The first-order chi connectivity index (χ1) is 41.1. The molecule has 1 saturated heterocycles. The molecule has 0 atom stereocenters. The van der Waals surface area contributed by atoms with E-state index >= 15 is 0 Å². The normalized spacial score (nSPS) is 12.4. The molecule has 1 aromatic heterocycles. The molecule has 6 aromatic carbocycles. The molecule has 1 fully saturated rings. The summed E-state index contributed by atoms with van der Waals surface area (Å²) in [6.45, 7) is 2.03. The third kappa shape index (κ3) is 18.9. The van der Waals surface area contributed by atoms with Gasteiger partial charge in [0.1, 0.15) is 22.5 Å². The van der Waals surface area contributed by atoms with Crippen molar-refractivity contribution in [3.05, 3.63) is 199 Å². The Labute approximate surface area is 480 Å². The Morgan fingerprint density at radius 3 is 1.23 bits per heavy atom. The van der Waals surface area contributed by atoms with Gasteiger partial charge in [-0.1, -0.05) is 29.1 Å². The summed E-state index contributed by atoms with van der Waals surface area (Å²) >= 11 is 0. The number of nitro groups is 2. The number of benzene rings is 6. The predicted octanol–water partition coefficient (Wildman–Crippen LogP) is 7.38. The maximum absolute atomic E-state index is 12.8. The van der Waals surface area contributed by atoms with Crippen LogP contribution in [0.25, 0.3) is 11.0 Å². The number of carbonyl (C=O) groups excluding carboxylic acids is 8. The van der Waals surface area contributed by atoms with E-state index in [0.717, 1.165) is 23.9 Å². The highest BCUT2D eigenvalue weighted by Gasteiger charge is 2.34. The van der Waals surface area contributed by atoms with Gasteiger partial charge in [-0.05, 0) is 53.7 Å². The van der Waals surface area contributed by atoms with Crippen LogP contribution in [0.15, 0.2) is 109 Å². The van der Waals surface area contributed by atoms with Crippen molar-refractivity contribution in [1.29, 1.82) is 0 Å². The second-order valence-electron chi connectivity index (χ2n) is 15.9. The number of imide groups is 3. The first kappa shape index (κ1) is 70.5. The van der Waals surface area contributed by atoms with Gasteiger partial charge in [-0.2, -0.15) is 22.6 Å². The van der Waals surface area contributed by atoms with E-state index in [4.69, 9.17) is 31.0 Å². The zero-order chi connectivity index (χ0) is 66.6. The number of hydrogen-bond acceptors (Lipinski definition) is 22. The van der Waals surface area contributed by atoms with E-state index in [1.807, 2.05) is 12.1 Å². The van der Waals surface area contributed by atoms with Crippen molar-refractivity contribution in [1.82, 2.24) is 30.3 Å². The number of phenols is 2. The predicted molar refractivity (Wildman–Crippen MR) is 264 cm³/mol. The molecule has 0 spiro atoms. The van der Waals surface area contributed by atoms with Gasteiger partial charge in [-0.25, -0.2) is 26.3 Å². The molecular weight excluding hydrogens is 1220 g/mol. The SMILES string of the molecule is CC(=O)Oc1c(F)c(F)c(F)c(F)c1F.CC(=O)Oc1ccc([N+](=O)[O-])cc1.O=C1C=CC(=O)N1O.O=C1CCC(=O)N1O.O=C1c2ccccc2C(=O)N1O.O=[N+]([O-])c1ccc(O)cc1.Oc1c(F)c(F)c(F)c(F)c1F.On1nnc2ccccc21. The number of amides is 6. The minimum absolute atomic E-state index is 0.0159.